The molecule has 4 nitrogen and oxygen atoms in total. The second-order valence-electron chi connectivity index (χ2n) is 6.02. The Morgan fingerprint density at radius 2 is 1.88 bits per heavy atom. The Balaban J connectivity index is 2.26. The molecule has 1 aromatic heterocycles. The van der Waals surface area contributed by atoms with Gasteiger partial charge in [-0.1, -0.05) is 36.4 Å². The summed E-state index contributed by atoms with van der Waals surface area (Å²) in [6.45, 7) is 3.35. The van der Waals surface area contributed by atoms with E-state index in [4.69, 9.17) is 4.42 Å². The van der Waals surface area contributed by atoms with Gasteiger partial charge in [0.1, 0.15) is 17.1 Å². The van der Waals surface area contributed by atoms with Crippen molar-refractivity contribution >= 4 is 16.8 Å². The first-order chi connectivity index (χ1) is 11.5. The van der Waals surface area contributed by atoms with Crippen LogP contribution < -0.4 is 5.63 Å². The Bertz CT molecular complexity index is 955. The lowest BCUT2D eigenvalue weighted by Crippen LogP contribution is -2.16. The quantitative estimate of drug-likeness (QED) is 0.739. The first-order valence-corrected chi connectivity index (χ1v) is 7.78. The molecule has 1 atom stereocenters. The Hall–Kier alpha value is -2.88. The van der Waals surface area contributed by atoms with Crippen molar-refractivity contribution in [2.75, 3.05) is 0 Å². The molecule has 1 N–H and O–H groups in total. The van der Waals surface area contributed by atoms with Crippen LogP contribution in [-0.4, -0.2) is 10.9 Å². The van der Waals surface area contributed by atoms with E-state index in [2.05, 4.69) is 0 Å². The number of ketones is 1. The lowest BCUT2D eigenvalue weighted by Gasteiger charge is -2.17. The fourth-order valence-corrected chi connectivity index (χ4v) is 2.97. The molecule has 0 radical (unpaired) electrons. The zero-order valence-corrected chi connectivity index (χ0v) is 13.6. The third-order valence-corrected chi connectivity index (χ3v) is 4.11. The van der Waals surface area contributed by atoms with Gasteiger partial charge >= 0.3 is 5.63 Å². The standard InChI is InChI=1S/C20H18O4/c1-12-8-9-15-17(10-12)24-20(23)18(19(15)22)16(11-13(2)21)14-6-4-3-5-7-14/h3-10,16,22H,11H2,1-2H3. The molecule has 2 aromatic carbocycles. The van der Waals surface area contributed by atoms with E-state index in [1.807, 2.05) is 43.3 Å². The van der Waals surface area contributed by atoms with Crippen LogP contribution in [0.25, 0.3) is 11.0 Å². The summed E-state index contributed by atoms with van der Waals surface area (Å²) in [5.74, 6) is -0.714. The number of carbonyl (C=O) groups excluding carboxylic acids is 1. The first kappa shape index (κ1) is 16.0. The van der Waals surface area contributed by atoms with E-state index < -0.39 is 11.5 Å². The number of aromatic hydroxyl groups is 1. The Labute approximate surface area is 139 Å². The molecule has 1 heterocycles. The summed E-state index contributed by atoms with van der Waals surface area (Å²) in [7, 11) is 0. The van der Waals surface area contributed by atoms with E-state index in [1.165, 1.54) is 6.92 Å². The van der Waals surface area contributed by atoms with Crippen molar-refractivity contribution in [3.8, 4) is 5.75 Å². The average Bonchev–Trinajstić information content (AvgIpc) is 2.54. The predicted octanol–water partition coefficient (Wildman–Crippen LogP) is 3.92. The summed E-state index contributed by atoms with van der Waals surface area (Å²) in [5.41, 5.74) is 1.59. The molecule has 0 saturated heterocycles. The third-order valence-electron chi connectivity index (χ3n) is 4.11. The van der Waals surface area contributed by atoms with E-state index in [9.17, 15) is 14.7 Å². The Kier molecular flexibility index (Phi) is 4.21. The van der Waals surface area contributed by atoms with Crippen LogP contribution in [0, 0.1) is 6.92 Å². The SMILES string of the molecule is CC(=O)CC(c1ccccc1)c1c(O)c2ccc(C)cc2oc1=O. The van der Waals surface area contributed by atoms with Gasteiger partial charge in [0.2, 0.25) is 0 Å². The van der Waals surface area contributed by atoms with Gasteiger partial charge in [0.25, 0.3) is 0 Å². The van der Waals surface area contributed by atoms with Gasteiger partial charge < -0.3 is 9.52 Å². The first-order valence-electron chi connectivity index (χ1n) is 7.78. The zero-order valence-electron chi connectivity index (χ0n) is 13.6. The van der Waals surface area contributed by atoms with Gasteiger partial charge in [-0.3, -0.25) is 4.79 Å². The molecule has 0 aliphatic carbocycles. The predicted molar refractivity (Wildman–Crippen MR) is 92.5 cm³/mol. The minimum absolute atomic E-state index is 0.0633. The second kappa shape index (κ2) is 6.32. The van der Waals surface area contributed by atoms with Gasteiger partial charge in [0.15, 0.2) is 0 Å². The van der Waals surface area contributed by atoms with Crippen molar-refractivity contribution in [2.24, 2.45) is 0 Å². The molecule has 0 aliphatic heterocycles. The van der Waals surface area contributed by atoms with Gasteiger partial charge in [-0.2, -0.15) is 0 Å². The fourth-order valence-electron chi connectivity index (χ4n) is 2.97. The molecule has 0 bridgehead atoms. The maximum Gasteiger partial charge on any atom is 0.343 e. The van der Waals surface area contributed by atoms with Crippen molar-refractivity contribution < 1.29 is 14.3 Å². The van der Waals surface area contributed by atoms with Gasteiger partial charge in [0.05, 0.1) is 10.9 Å². The highest BCUT2D eigenvalue weighted by molar-refractivity contribution is 5.85. The summed E-state index contributed by atoms with van der Waals surface area (Å²) in [6, 6.07) is 14.5. The van der Waals surface area contributed by atoms with E-state index in [0.29, 0.717) is 11.0 Å². The molecule has 3 rings (SSSR count). The average molecular weight is 322 g/mol. The van der Waals surface area contributed by atoms with Crippen molar-refractivity contribution in [3.05, 3.63) is 75.6 Å². The van der Waals surface area contributed by atoms with E-state index in [-0.39, 0.29) is 23.5 Å². The second-order valence-corrected chi connectivity index (χ2v) is 6.02. The fraction of sp³-hybridized carbons (Fsp3) is 0.200. The van der Waals surface area contributed by atoms with Crippen LogP contribution in [0.2, 0.25) is 0 Å². The molecule has 1 unspecified atom stereocenters. The van der Waals surface area contributed by atoms with Gasteiger partial charge in [0, 0.05) is 12.3 Å². The highest BCUT2D eigenvalue weighted by Crippen LogP contribution is 2.36. The smallest absolute Gasteiger partial charge is 0.343 e. The number of rotatable bonds is 4. The topological polar surface area (TPSA) is 67.5 Å². The number of hydrogen-bond acceptors (Lipinski definition) is 4. The Morgan fingerprint density at radius 1 is 1.17 bits per heavy atom. The van der Waals surface area contributed by atoms with Crippen molar-refractivity contribution in [3.63, 3.8) is 0 Å². The maximum atomic E-state index is 12.5. The van der Waals surface area contributed by atoms with E-state index in [0.717, 1.165) is 11.1 Å². The summed E-state index contributed by atoms with van der Waals surface area (Å²) in [5, 5.41) is 11.2. The lowest BCUT2D eigenvalue weighted by atomic mass is 9.87. The van der Waals surface area contributed by atoms with Crippen LogP contribution in [0.4, 0.5) is 0 Å². The Morgan fingerprint density at radius 3 is 2.54 bits per heavy atom. The molecular weight excluding hydrogens is 304 g/mol. The molecule has 24 heavy (non-hydrogen) atoms. The van der Waals surface area contributed by atoms with Crippen LogP contribution in [0.5, 0.6) is 5.75 Å². The summed E-state index contributed by atoms with van der Waals surface area (Å²) in [6.07, 6.45) is 0.125. The van der Waals surface area contributed by atoms with Crippen LogP contribution in [0.15, 0.2) is 57.7 Å². The molecule has 4 heteroatoms. The van der Waals surface area contributed by atoms with Gasteiger partial charge in [-0.05, 0) is 37.1 Å². The summed E-state index contributed by atoms with van der Waals surface area (Å²) in [4.78, 5) is 24.2. The van der Waals surface area contributed by atoms with Crippen LogP contribution in [0.3, 0.4) is 0 Å². The number of hydrogen-bond donors (Lipinski definition) is 1. The third kappa shape index (κ3) is 2.95. The number of aryl methyl sites for hydroxylation is 1. The lowest BCUT2D eigenvalue weighted by molar-refractivity contribution is -0.117. The molecule has 0 spiro atoms. The number of benzene rings is 2. The van der Waals surface area contributed by atoms with Gasteiger partial charge in [-0.25, -0.2) is 4.79 Å². The van der Waals surface area contributed by atoms with Crippen LogP contribution in [-0.2, 0) is 4.79 Å². The van der Waals surface area contributed by atoms with Crippen molar-refractivity contribution in [2.45, 2.75) is 26.2 Å². The maximum absolute atomic E-state index is 12.5. The molecule has 122 valence electrons. The largest absolute Gasteiger partial charge is 0.507 e. The monoisotopic (exact) mass is 322 g/mol. The highest BCUT2D eigenvalue weighted by atomic mass is 16.4. The highest BCUT2D eigenvalue weighted by Gasteiger charge is 2.25. The number of fused-ring (bicyclic) bond motifs is 1. The van der Waals surface area contributed by atoms with E-state index >= 15 is 0 Å². The minimum atomic E-state index is -0.610. The number of Topliss-reactive ketones (excluding diaryl/α,β-unsaturated/α-hetero) is 1. The molecule has 3 aromatic rings. The molecule has 0 aliphatic rings. The molecular formula is C20H18O4. The molecule has 0 saturated carbocycles. The summed E-state index contributed by atoms with van der Waals surface area (Å²) >= 11 is 0. The zero-order chi connectivity index (χ0) is 17.3. The van der Waals surface area contributed by atoms with E-state index in [1.54, 1.807) is 12.1 Å². The number of carbonyl (C=O) groups is 1. The van der Waals surface area contributed by atoms with Gasteiger partial charge in [-0.15, -0.1) is 0 Å². The minimum Gasteiger partial charge on any atom is -0.507 e. The molecule has 0 fully saturated rings. The van der Waals surface area contributed by atoms with Crippen LogP contribution >= 0.6 is 0 Å². The molecule has 0 amide bonds. The van der Waals surface area contributed by atoms with Crippen molar-refractivity contribution in [1.29, 1.82) is 0 Å². The van der Waals surface area contributed by atoms with Crippen LogP contribution in [0.1, 0.15) is 36.0 Å². The normalized spacial score (nSPS) is 12.2. The summed E-state index contributed by atoms with van der Waals surface area (Å²) < 4.78 is 5.41. The van der Waals surface area contributed by atoms with Crippen molar-refractivity contribution in [1.82, 2.24) is 0 Å².